The van der Waals surface area contributed by atoms with E-state index in [1.807, 2.05) is 20.8 Å². The predicted molar refractivity (Wildman–Crippen MR) is 146 cm³/mol. The molecule has 1 aromatic heterocycles. The Labute approximate surface area is 229 Å². The van der Waals surface area contributed by atoms with E-state index in [1.54, 1.807) is 12.1 Å². The number of urea groups is 1. The average molecular weight is 589 g/mol. The van der Waals surface area contributed by atoms with Crippen molar-refractivity contribution < 1.29 is 22.7 Å². The van der Waals surface area contributed by atoms with Gasteiger partial charge in [0.1, 0.15) is 10.8 Å². The highest BCUT2D eigenvalue weighted by atomic mass is 35.5. The zero-order chi connectivity index (χ0) is 27.5. The first kappa shape index (κ1) is 28.6. The summed E-state index contributed by atoms with van der Waals surface area (Å²) < 4.78 is 37.3. The van der Waals surface area contributed by atoms with Crippen LogP contribution in [0.15, 0.2) is 36.5 Å². The highest BCUT2D eigenvalue weighted by Gasteiger charge is 2.23. The van der Waals surface area contributed by atoms with Gasteiger partial charge in [-0.25, -0.2) is 18.2 Å². The van der Waals surface area contributed by atoms with E-state index in [9.17, 15) is 13.2 Å². The van der Waals surface area contributed by atoms with Gasteiger partial charge in [-0.2, -0.15) is 4.98 Å². The number of aromatic nitrogens is 2. The van der Waals surface area contributed by atoms with Gasteiger partial charge >= 0.3 is 6.03 Å². The molecule has 0 saturated heterocycles. The van der Waals surface area contributed by atoms with Crippen molar-refractivity contribution in [2.24, 2.45) is 0 Å². The van der Waals surface area contributed by atoms with Crippen molar-refractivity contribution in [3.63, 3.8) is 0 Å². The lowest BCUT2D eigenvalue weighted by Crippen LogP contribution is -2.22. The van der Waals surface area contributed by atoms with Crippen LogP contribution in [-0.4, -0.2) is 37.8 Å². The Hall–Kier alpha value is -2.99. The molecule has 10 nitrogen and oxygen atoms in total. The molecule has 3 N–H and O–H groups in total. The highest BCUT2D eigenvalue weighted by molar-refractivity contribution is 7.92. The van der Waals surface area contributed by atoms with Crippen LogP contribution >= 0.6 is 34.8 Å². The van der Waals surface area contributed by atoms with Gasteiger partial charge in [0.25, 0.3) is 0 Å². The summed E-state index contributed by atoms with van der Waals surface area (Å²) in [6.07, 6.45) is 2.44. The number of halogens is 3. The number of rotatable bonds is 7. The molecule has 0 spiro atoms. The number of ether oxygens (including phenoxy) is 2. The molecule has 198 valence electrons. The van der Waals surface area contributed by atoms with Crippen LogP contribution in [-0.2, 0) is 15.4 Å². The van der Waals surface area contributed by atoms with E-state index in [1.165, 1.54) is 31.5 Å². The van der Waals surface area contributed by atoms with Crippen LogP contribution in [0.25, 0.3) is 0 Å². The molecular weight excluding hydrogens is 565 g/mol. The molecule has 0 saturated carbocycles. The van der Waals surface area contributed by atoms with Crippen LogP contribution in [0.5, 0.6) is 17.4 Å². The van der Waals surface area contributed by atoms with Gasteiger partial charge in [-0.3, -0.25) is 4.72 Å². The maximum absolute atomic E-state index is 12.9. The fourth-order valence-electron chi connectivity index (χ4n) is 3.12. The predicted octanol–water partition coefficient (Wildman–Crippen LogP) is 6.55. The molecule has 3 aromatic rings. The summed E-state index contributed by atoms with van der Waals surface area (Å²) >= 11 is 18.5. The van der Waals surface area contributed by atoms with Crippen LogP contribution in [0.4, 0.5) is 21.9 Å². The molecule has 1 heterocycles. The van der Waals surface area contributed by atoms with Gasteiger partial charge < -0.3 is 20.1 Å². The molecule has 0 fully saturated rings. The minimum atomic E-state index is -3.62. The summed E-state index contributed by atoms with van der Waals surface area (Å²) in [6, 6.07) is 7.15. The zero-order valence-electron chi connectivity index (χ0n) is 20.4. The molecule has 14 heteroatoms. The first-order chi connectivity index (χ1) is 17.2. The van der Waals surface area contributed by atoms with Gasteiger partial charge in [0.15, 0.2) is 5.75 Å². The molecule has 2 aromatic carbocycles. The zero-order valence-corrected chi connectivity index (χ0v) is 23.5. The number of amides is 2. The number of carbonyl (C=O) groups is 1. The minimum Gasteiger partial charge on any atom is -0.492 e. The summed E-state index contributed by atoms with van der Waals surface area (Å²) in [4.78, 5) is 20.6. The van der Waals surface area contributed by atoms with E-state index in [0.29, 0.717) is 0 Å². The molecule has 2 amide bonds. The van der Waals surface area contributed by atoms with Crippen molar-refractivity contribution in [1.82, 2.24) is 9.97 Å². The Balaban J connectivity index is 1.88. The van der Waals surface area contributed by atoms with Crippen LogP contribution in [0.1, 0.15) is 26.3 Å². The molecule has 0 aliphatic rings. The fraction of sp³-hybridized carbons (Fsp3) is 0.261. The number of hydrogen-bond donors (Lipinski definition) is 3. The van der Waals surface area contributed by atoms with Crippen molar-refractivity contribution in [2.45, 2.75) is 26.2 Å². The fourth-order valence-corrected chi connectivity index (χ4v) is 4.22. The summed E-state index contributed by atoms with van der Waals surface area (Å²) in [7, 11) is -2.26. The number of nitrogens with one attached hydrogen (secondary N) is 3. The first-order valence-electron chi connectivity index (χ1n) is 10.6. The average Bonchev–Trinajstić information content (AvgIpc) is 2.77. The summed E-state index contributed by atoms with van der Waals surface area (Å²) in [5.74, 6) is 0.467. The number of benzene rings is 2. The Morgan fingerprint density at radius 1 is 0.973 bits per heavy atom. The summed E-state index contributed by atoms with van der Waals surface area (Å²) in [6.45, 7) is 5.84. The van der Waals surface area contributed by atoms with Crippen molar-refractivity contribution in [3.05, 3.63) is 57.4 Å². The van der Waals surface area contributed by atoms with Crippen LogP contribution in [0.3, 0.4) is 0 Å². The number of nitrogens with zero attached hydrogens (tertiary/aromatic N) is 2. The second kappa shape index (κ2) is 11.2. The second-order valence-corrected chi connectivity index (χ2v) is 11.7. The van der Waals surface area contributed by atoms with E-state index in [0.717, 1.165) is 11.8 Å². The molecular formula is C23H24Cl3N5O5S. The van der Waals surface area contributed by atoms with Gasteiger partial charge in [-0.1, -0.05) is 44.0 Å². The molecule has 0 unspecified atom stereocenters. The lowest BCUT2D eigenvalue weighted by atomic mass is 9.86. The van der Waals surface area contributed by atoms with Crippen LogP contribution in [0, 0.1) is 0 Å². The molecule has 0 atom stereocenters. The van der Waals surface area contributed by atoms with E-state index < -0.39 is 16.1 Å². The van der Waals surface area contributed by atoms with Crippen molar-refractivity contribution >= 4 is 67.9 Å². The number of carbonyl (C=O) groups excluding carboxylic acids is 1. The maximum Gasteiger partial charge on any atom is 0.323 e. The Kier molecular flexibility index (Phi) is 8.63. The second-order valence-electron chi connectivity index (χ2n) is 8.81. The van der Waals surface area contributed by atoms with Crippen molar-refractivity contribution in [1.29, 1.82) is 0 Å². The molecule has 0 bridgehead atoms. The standard InChI is InChI=1S/C23H24Cl3N5O5S/c1-23(2,3)12-10-14(20(35-4)15(11-12)31-37(5,33)34)29-22(32)28-13-6-7-16(19(25)18(13)24)36-17-8-9-27-21(26)30-17/h6-11,31H,1-5H3,(H2,28,29,32). The van der Waals surface area contributed by atoms with Gasteiger partial charge in [0, 0.05) is 12.3 Å². The summed E-state index contributed by atoms with van der Waals surface area (Å²) in [5.41, 5.74) is 0.995. The third-order valence-electron chi connectivity index (χ3n) is 4.81. The topological polar surface area (TPSA) is 132 Å². The number of anilines is 3. The highest BCUT2D eigenvalue weighted by Crippen LogP contribution is 2.41. The number of sulfonamides is 1. The smallest absolute Gasteiger partial charge is 0.323 e. The first-order valence-corrected chi connectivity index (χ1v) is 13.6. The van der Waals surface area contributed by atoms with Gasteiger partial charge in [-0.05, 0) is 46.8 Å². The summed E-state index contributed by atoms with van der Waals surface area (Å²) in [5, 5.41) is 5.34. The van der Waals surface area contributed by atoms with Crippen LogP contribution in [0.2, 0.25) is 15.3 Å². The van der Waals surface area contributed by atoms with Crippen LogP contribution < -0.4 is 24.8 Å². The lowest BCUT2D eigenvalue weighted by Gasteiger charge is -2.24. The SMILES string of the molecule is COc1c(NC(=O)Nc2ccc(Oc3ccnc(Cl)n3)c(Cl)c2Cl)cc(C(C)(C)C)cc1NS(C)(=O)=O. The maximum atomic E-state index is 12.9. The normalized spacial score (nSPS) is 11.6. The van der Waals surface area contributed by atoms with E-state index in [4.69, 9.17) is 44.3 Å². The van der Waals surface area contributed by atoms with E-state index in [2.05, 4.69) is 25.3 Å². The van der Waals surface area contributed by atoms with Gasteiger partial charge in [0.2, 0.25) is 21.2 Å². The van der Waals surface area contributed by atoms with E-state index in [-0.39, 0.29) is 55.2 Å². The largest absolute Gasteiger partial charge is 0.492 e. The molecule has 37 heavy (non-hydrogen) atoms. The molecule has 3 rings (SSSR count). The Morgan fingerprint density at radius 3 is 2.22 bits per heavy atom. The van der Waals surface area contributed by atoms with Gasteiger partial charge in [0.05, 0.1) is 35.5 Å². The van der Waals surface area contributed by atoms with E-state index >= 15 is 0 Å². The minimum absolute atomic E-state index is 0.00414. The van der Waals surface area contributed by atoms with Crippen molar-refractivity contribution in [2.75, 3.05) is 28.7 Å². The number of methoxy groups -OCH3 is 1. The third-order valence-corrected chi connectivity index (χ3v) is 6.45. The molecule has 0 radical (unpaired) electrons. The molecule has 0 aliphatic carbocycles. The molecule has 0 aliphatic heterocycles. The van der Waals surface area contributed by atoms with Gasteiger partial charge in [-0.15, -0.1) is 0 Å². The monoisotopic (exact) mass is 587 g/mol. The quantitative estimate of drug-likeness (QED) is 0.267. The Bertz CT molecular complexity index is 1450. The Morgan fingerprint density at radius 2 is 1.62 bits per heavy atom. The van der Waals surface area contributed by atoms with Crippen molar-refractivity contribution in [3.8, 4) is 17.4 Å². The lowest BCUT2D eigenvalue weighted by molar-refractivity contribution is 0.262. The third kappa shape index (κ3) is 7.51. The number of hydrogen-bond acceptors (Lipinski definition) is 7.